The van der Waals surface area contributed by atoms with Gasteiger partial charge in [0.2, 0.25) is 5.91 Å². The van der Waals surface area contributed by atoms with Gasteiger partial charge in [-0.15, -0.1) is 0 Å². The number of benzene rings is 1. The van der Waals surface area contributed by atoms with Gasteiger partial charge in [0.1, 0.15) is 6.04 Å². The first-order valence-electron chi connectivity index (χ1n) is 6.25. The molecule has 21 heavy (non-hydrogen) atoms. The van der Waals surface area contributed by atoms with E-state index in [1.165, 1.54) is 25.1 Å². The van der Waals surface area contributed by atoms with E-state index < -0.39 is 28.8 Å². The van der Waals surface area contributed by atoms with Gasteiger partial charge in [-0.1, -0.05) is 12.1 Å². The van der Waals surface area contributed by atoms with Crippen molar-refractivity contribution in [3.8, 4) is 0 Å². The van der Waals surface area contributed by atoms with Crippen molar-refractivity contribution < 1.29 is 24.7 Å². The second-order valence-electron chi connectivity index (χ2n) is 4.49. The Morgan fingerprint density at radius 1 is 1.43 bits per heavy atom. The van der Waals surface area contributed by atoms with Crippen LogP contribution in [0.2, 0.25) is 0 Å². The first-order valence-corrected chi connectivity index (χ1v) is 6.25. The SMILES string of the molecule is CC(C(=O)N[C@@H](CCO)C(=O)O)c1cccc([N+](=O)[O-])c1. The molecule has 1 aromatic carbocycles. The van der Waals surface area contributed by atoms with Gasteiger partial charge in [0, 0.05) is 25.2 Å². The summed E-state index contributed by atoms with van der Waals surface area (Å²) in [5.41, 5.74) is 0.270. The standard InChI is InChI=1S/C13H16N2O6/c1-8(9-3-2-4-10(7-9)15(20)21)12(17)14-11(5-6-16)13(18)19/h2-4,7-8,11,16H,5-6H2,1H3,(H,14,17)(H,18,19)/t8?,11-/m0/s1. The Balaban J connectivity index is 2.84. The van der Waals surface area contributed by atoms with E-state index in [2.05, 4.69) is 5.32 Å². The van der Waals surface area contributed by atoms with Crippen LogP contribution in [0.1, 0.15) is 24.8 Å². The molecule has 0 aliphatic rings. The van der Waals surface area contributed by atoms with Crippen molar-refractivity contribution in [1.29, 1.82) is 0 Å². The third-order valence-corrected chi connectivity index (χ3v) is 3.01. The molecule has 114 valence electrons. The monoisotopic (exact) mass is 296 g/mol. The molecule has 1 amide bonds. The van der Waals surface area contributed by atoms with Crippen LogP contribution in [-0.2, 0) is 9.59 Å². The molecule has 0 fully saturated rings. The number of nitro groups is 1. The summed E-state index contributed by atoms with van der Waals surface area (Å²) in [6, 6.07) is 4.40. The zero-order valence-corrected chi connectivity index (χ0v) is 11.4. The number of hydrogen-bond donors (Lipinski definition) is 3. The highest BCUT2D eigenvalue weighted by Crippen LogP contribution is 2.21. The lowest BCUT2D eigenvalue weighted by molar-refractivity contribution is -0.384. The Labute approximate surface area is 120 Å². The average molecular weight is 296 g/mol. The van der Waals surface area contributed by atoms with Crippen molar-refractivity contribution in [3.05, 3.63) is 39.9 Å². The minimum atomic E-state index is -1.25. The fourth-order valence-corrected chi connectivity index (χ4v) is 1.74. The van der Waals surface area contributed by atoms with Crippen LogP contribution in [0.3, 0.4) is 0 Å². The summed E-state index contributed by atoms with van der Waals surface area (Å²) >= 11 is 0. The van der Waals surface area contributed by atoms with Gasteiger partial charge in [0.05, 0.1) is 10.8 Å². The Morgan fingerprint density at radius 2 is 2.10 bits per heavy atom. The number of carboxylic acid groups (broad SMARTS) is 1. The number of amides is 1. The van der Waals surface area contributed by atoms with Gasteiger partial charge in [0.25, 0.3) is 5.69 Å². The summed E-state index contributed by atoms with van der Waals surface area (Å²) < 4.78 is 0. The van der Waals surface area contributed by atoms with Crippen molar-refractivity contribution in [2.75, 3.05) is 6.61 Å². The van der Waals surface area contributed by atoms with Crippen LogP contribution in [0.25, 0.3) is 0 Å². The van der Waals surface area contributed by atoms with Gasteiger partial charge in [-0.05, 0) is 12.5 Å². The molecule has 0 aliphatic heterocycles. The number of non-ortho nitro benzene ring substituents is 1. The Bertz CT molecular complexity index is 545. The molecule has 0 bridgehead atoms. The molecule has 0 aromatic heterocycles. The zero-order chi connectivity index (χ0) is 16.0. The summed E-state index contributed by atoms with van der Waals surface area (Å²) in [6.45, 7) is 1.15. The quantitative estimate of drug-likeness (QED) is 0.500. The van der Waals surface area contributed by atoms with Crippen LogP contribution < -0.4 is 5.32 Å². The number of aliphatic hydroxyl groups is 1. The highest BCUT2D eigenvalue weighted by molar-refractivity contribution is 5.87. The van der Waals surface area contributed by atoms with Gasteiger partial charge in [-0.2, -0.15) is 0 Å². The van der Waals surface area contributed by atoms with Crippen LogP contribution in [-0.4, -0.2) is 39.7 Å². The van der Waals surface area contributed by atoms with Crippen LogP contribution in [0.4, 0.5) is 5.69 Å². The molecule has 0 radical (unpaired) electrons. The number of nitrogens with zero attached hydrogens (tertiary/aromatic N) is 1. The number of carbonyl (C=O) groups is 2. The lowest BCUT2D eigenvalue weighted by Gasteiger charge is -2.17. The van der Waals surface area contributed by atoms with Gasteiger partial charge < -0.3 is 15.5 Å². The number of carbonyl (C=O) groups excluding carboxylic acids is 1. The first-order chi connectivity index (χ1) is 9.86. The normalized spacial score (nSPS) is 13.2. The Hall–Kier alpha value is -2.48. The molecule has 0 saturated carbocycles. The molecule has 0 spiro atoms. The number of nitrogens with one attached hydrogen (secondary N) is 1. The molecule has 2 atom stereocenters. The van der Waals surface area contributed by atoms with Crippen molar-refractivity contribution in [3.63, 3.8) is 0 Å². The zero-order valence-electron chi connectivity index (χ0n) is 11.4. The van der Waals surface area contributed by atoms with E-state index in [0.717, 1.165) is 0 Å². The van der Waals surface area contributed by atoms with Gasteiger partial charge >= 0.3 is 5.97 Å². The lowest BCUT2D eigenvalue weighted by atomic mass is 9.99. The fraction of sp³-hybridized carbons (Fsp3) is 0.385. The molecule has 1 aromatic rings. The van der Waals surface area contributed by atoms with E-state index in [1.807, 2.05) is 0 Å². The van der Waals surface area contributed by atoms with Crippen LogP contribution in [0.15, 0.2) is 24.3 Å². The average Bonchev–Trinajstić information content (AvgIpc) is 2.45. The van der Waals surface area contributed by atoms with E-state index in [1.54, 1.807) is 6.07 Å². The third kappa shape index (κ3) is 4.53. The summed E-state index contributed by atoms with van der Waals surface area (Å²) in [6.07, 6.45) is -0.108. The fourth-order valence-electron chi connectivity index (χ4n) is 1.74. The molecule has 0 saturated heterocycles. The summed E-state index contributed by atoms with van der Waals surface area (Å²) in [5.74, 6) is -2.56. The molecule has 0 aliphatic carbocycles. The molecule has 1 unspecified atom stereocenters. The van der Waals surface area contributed by atoms with Crippen molar-refractivity contribution in [2.24, 2.45) is 0 Å². The summed E-state index contributed by atoms with van der Waals surface area (Å²) in [5, 5.41) is 30.7. The Morgan fingerprint density at radius 3 is 2.62 bits per heavy atom. The second-order valence-corrected chi connectivity index (χ2v) is 4.49. The van der Waals surface area contributed by atoms with Crippen molar-refractivity contribution in [2.45, 2.75) is 25.3 Å². The van der Waals surface area contributed by atoms with Crippen LogP contribution in [0.5, 0.6) is 0 Å². The molecular weight excluding hydrogens is 280 g/mol. The highest BCUT2D eigenvalue weighted by atomic mass is 16.6. The van der Waals surface area contributed by atoms with Gasteiger partial charge in [-0.3, -0.25) is 14.9 Å². The smallest absolute Gasteiger partial charge is 0.326 e. The second kappa shape index (κ2) is 7.34. The number of rotatable bonds is 7. The molecule has 8 heteroatoms. The van der Waals surface area contributed by atoms with E-state index in [0.29, 0.717) is 5.56 Å². The van der Waals surface area contributed by atoms with Crippen molar-refractivity contribution >= 4 is 17.6 Å². The third-order valence-electron chi connectivity index (χ3n) is 3.01. The number of carboxylic acids is 1. The first kappa shape index (κ1) is 16.6. The summed E-state index contributed by atoms with van der Waals surface area (Å²) in [4.78, 5) is 33.0. The van der Waals surface area contributed by atoms with E-state index in [-0.39, 0.29) is 18.7 Å². The number of aliphatic carboxylic acids is 1. The van der Waals surface area contributed by atoms with Crippen LogP contribution >= 0.6 is 0 Å². The van der Waals surface area contributed by atoms with Crippen LogP contribution in [0, 0.1) is 10.1 Å². The molecule has 0 heterocycles. The minimum Gasteiger partial charge on any atom is -0.480 e. The van der Waals surface area contributed by atoms with E-state index >= 15 is 0 Å². The predicted octanol–water partition coefficient (Wildman–Crippen LogP) is 0.650. The largest absolute Gasteiger partial charge is 0.480 e. The van der Waals surface area contributed by atoms with E-state index in [9.17, 15) is 19.7 Å². The minimum absolute atomic E-state index is 0.108. The number of hydrogen-bond acceptors (Lipinski definition) is 5. The van der Waals surface area contributed by atoms with E-state index in [4.69, 9.17) is 10.2 Å². The molecule has 8 nitrogen and oxygen atoms in total. The molecule has 3 N–H and O–H groups in total. The summed E-state index contributed by atoms with van der Waals surface area (Å²) in [7, 11) is 0. The molecular formula is C13H16N2O6. The molecule has 1 rings (SSSR count). The predicted molar refractivity (Wildman–Crippen MR) is 72.8 cm³/mol. The maximum absolute atomic E-state index is 12.0. The maximum atomic E-state index is 12.0. The maximum Gasteiger partial charge on any atom is 0.326 e. The van der Waals surface area contributed by atoms with Crippen molar-refractivity contribution in [1.82, 2.24) is 5.32 Å². The number of nitro benzene ring substituents is 1. The Kier molecular flexibility index (Phi) is 5.79. The lowest BCUT2D eigenvalue weighted by Crippen LogP contribution is -2.43. The van der Waals surface area contributed by atoms with Gasteiger partial charge in [-0.25, -0.2) is 4.79 Å². The number of aliphatic hydroxyl groups excluding tert-OH is 1. The topological polar surface area (TPSA) is 130 Å². The van der Waals surface area contributed by atoms with Gasteiger partial charge in [0.15, 0.2) is 0 Å². The highest BCUT2D eigenvalue weighted by Gasteiger charge is 2.24.